The monoisotopic (exact) mass is 464 g/mol. The highest BCUT2D eigenvalue weighted by molar-refractivity contribution is 7.80. The zero-order valence-electron chi connectivity index (χ0n) is 17.1. The molecular weight excluding hydrogens is 432 g/mol. The first-order chi connectivity index (χ1) is 14.6. The summed E-state index contributed by atoms with van der Waals surface area (Å²) in [6.07, 6.45) is 0.805. The van der Waals surface area contributed by atoms with Crippen molar-refractivity contribution in [3.8, 4) is 0 Å². The second-order valence-electron chi connectivity index (χ2n) is 6.78. The van der Waals surface area contributed by atoms with Crippen LogP contribution >= 0.6 is 12.6 Å². The van der Waals surface area contributed by atoms with Gasteiger partial charge in [0.05, 0.1) is 6.61 Å². The Morgan fingerprint density at radius 2 is 1.42 bits per heavy atom. The maximum absolute atomic E-state index is 12.6. The Hall–Kier alpha value is -2.42. The second-order valence-corrected chi connectivity index (χ2v) is 7.15. The van der Waals surface area contributed by atoms with Gasteiger partial charge in [-0.2, -0.15) is 12.6 Å². The lowest BCUT2D eigenvalue weighted by molar-refractivity contribution is -0.142. The first kappa shape index (κ1) is 28.6. The van der Waals surface area contributed by atoms with E-state index in [4.69, 9.17) is 22.3 Å². The van der Waals surface area contributed by atoms with E-state index in [9.17, 15) is 29.1 Å². The normalized spacial score (nSPS) is 14.6. The number of aliphatic carboxylic acids is 1. The van der Waals surface area contributed by atoms with Gasteiger partial charge in [0, 0.05) is 12.2 Å². The van der Waals surface area contributed by atoms with Crippen LogP contribution in [0.2, 0.25) is 0 Å². The van der Waals surface area contributed by atoms with Crippen LogP contribution in [0.3, 0.4) is 0 Å². The molecule has 0 aliphatic heterocycles. The van der Waals surface area contributed by atoms with Gasteiger partial charge in [-0.15, -0.1) is 0 Å². The van der Waals surface area contributed by atoms with Crippen molar-refractivity contribution in [2.45, 2.75) is 56.3 Å². The van der Waals surface area contributed by atoms with Crippen molar-refractivity contribution in [1.29, 1.82) is 0 Å². The van der Waals surface area contributed by atoms with Crippen LogP contribution in [0.1, 0.15) is 32.1 Å². The summed E-state index contributed by atoms with van der Waals surface area (Å²) in [6, 6.07) is -4.96. The van der Waals surface area contributed by atoms with Gasteiger partial charge in [0.25, 0.3) is 0 Å². The fourth-order valence-electron chi connectivity index (χ4n) is 2.41. The van der Waals surface area contributed by atoms with E-state index in [2.05, 4.69) is 28.6 Å². The average Bonchev–Trinajstić information content (AvgIpc) is 2.72. The molecule has 31 heavy (non-hydrogen) atoms. The van der Waals surface area contributed by atoms with Crippen LogP contribution in [0.5, 0.6) is 0 Å². The molecule has 0 aromatic carbocycles. The Bertz CT molecular complexity index is 636. The van der Waals surface area contributed by atoms with E-state index in [0.29, 0.717) is 19.4 Å². The lowest BCUT2D eigenvalue weighted by Crippen LogP contribution is -2.58. The van der Waals surface area contributed by atoms with E-state index in [-0.39, 0.29) is 25.0 Å². The largest absolute Gasteiger partial charge is 0.480 e. The molecule has 0 fully saturated rings. The molecule has 0 bridgehead atoms. The second kappa shape index (κ2) is 15.4. The minimum Gasteiger partial charge on any atom is -0.480 e. The molecular formula is C17H32N6O7S. The molecule has 0 heterocycles. The van der Waals surface area contributed by atoms with Gasteiger partial charge in [0.1, 0.15) is 24.2 Å². The fourth-order valence-corrected chi connectivity index (χ4v) is 2.66. The molecule has 0 saturated carbocycles. The SMILES string of the molecule is NCCCCC(NC(=O)C(CS)NC(=O)C(CCC(N)=O)NC(=O)C(N)CO)C(=O)O. The lowest BCUT2D eigenvalue weighted by Gasteiger charge is -2.24. The Kier molecular flexibility index (Phi) is 14.2. The third kappa shape index (κ3) is 11.5. The summed E-state index contributed by atoms with van der Waals surface area (Å²) in [6.45, 7) is -0.285. The molecule has 14 heteroatoms. The summed E-state index contributed by atoms with van der Waals surface area (Å²) in [5.74, 6) is -4.58. The van der Waals surface area contributed by atoms with E-state index in [1.54, 1.807) is 0 Å². The van der Waals surface area contributed by atoms with E-state index in [0.717, 1.165) is 0 Å². The number of amides is 4. The van der Waals surface area contributed by atoms with E-state index < -0.39 is 60.4 Å². The van der Waals surface area contributed by atoms with E-state index in [1.807, 2.05) is 0 Å². The summed E-state index contributed by atoms with van der Waals surface area (Å²) in [7, 11) is 0. The van der Waals surface area contributed by atoms with Crippen LogP contribution < -0.4 is 33.2 Å². The molecule has 0 aliphatic carbocycles. The zero-order valence-corrected chi connectivity index (χ0v) is 18.0. The van der Waals surface area contributed by atoms with Gasteiger partial charge in [-0.1, -0.05) is 0 Å². The number of carboxylic acid groups (broad SMARTS) is 1. The molecule has 11 N–H and O–H groups in total. The number of primary amides is 1. The topological polar surface area (TPSA) is 240 Å². The highest BCUT2D eigenvalue weighted by Crippen LogP contribution is 2.04. The first-order valence-electron chi connectivity index (χ1n) is 9.66. The van der Waals surface area contributed by atoms with Crippen molar-refractivity contribution in [3.63, 3.8) is 0 Å². The summed E-state index contributed by atoms with van der Waals surface area (Å²) in [5, 5.41) is 25.2. The van der Waals surface area contributed by atoms with Gasteiger partial charge in [-0.3, -0.25) is 19.2 Å². The molecule has 0 radical (unpaired) electrons. The van der Waals surface area contributed by atoms with Crippen molar-refractivity contribution < 1.29 is 34.2 Å². The lowest BCUT2D eigenvalue weighted by atomic mass is 10.1. The van der Waals surface area contributed by atoms with Gasteiger partial charge >= 0.3 is 5.97 Å². The smallest absolute Gasteiger partial charge is 0.326 e. The van der Waals surface area contributed by atoms with E-state index >= 15 is 0 Å². The third-order valence-corrected chi connectivity index (χ3v) is 4.59. The molecule has 0 saturated heterocycles. The molecule has 0 aromatic rings. The highest BCUT2D eigenvalue weighted by Gasteiger charge is 2.29. The first-order valence-corrected chi connectivity index (χ1v) is 10.3. The Morgan fingerprint density at radius 3 is 1.90 bits per heavy atom. The zero-order chi connectivity index (χ0) is 24.0. The van der Waals surface area contributed by atoms with Crippen LogP contribution in [0, 0.1) is 0 Å². The Labute approximate surface area is 185 Å². The third-order valence-electron chi connectivity index (χ3n) is 4.22. The molecule has 4 amide bonds. The average molecular weight is 465 g/mol. The van der Waals surface area contributed by atoms with Gasteiger partial charge in [0.15, 0.2) is 0 Å². The van der Waals surface area contributed by atoms with E-state index in [1.165, 1.54) is 0 Å². The number of aliphatic hydroxyl groups excluding tert-OH is 1. The number of hydrogen-bond acceptors (Lipinski definition) is 9. The molecule has 178 valence electrons. The highest BCUT2D eigenvalue weighted by atomic mass is 32.1. The number of hydrogen-bond donors (Lipinski definition) is 9. The molecule has 0 spiro atoms. The van der Waals surface area contributed by atoms with Gasteiger partial charge in [-0.05, 0) is 32.2 Å². The van der Waals surface area contributed by atoms with Crippen LogP contribution in [-0.2, 0) is 24.0 Å². The van der Waals surface area contributed by atoms with Crippen molar-refractivity contribution in [1.82, 2.24) is 16.0 Å². The summed E-state index contributed by atoms with van der Waals surface area (Å²) in [5.41, 5.74) is 15.9. The molecule has 4 unspecified atom stereocenters. The predicted molar refractivity (Wildman–Crippen MR) is 114 cm³/mol. The number of carboxylic acids is 1. The molecule has 0 aliphatic rings. The van der Waals surface area contributed by atoms with Gasteiger partial charge in [-0.25, -0.2) is 4.79 Å². The maximum Gasteiger partial charge on any atom is 0.326 e. The quantitative estimate of drug-likeness (QED) is 0.0801. The van der Waals surface area contributed by atoms with Crippen molar-refractivity contribution in [2.75, 3.05) is 18.9 Å². The number of carbonyl (C=O) groups is 5. The Balaban J connectivity index is 5.17. The molecule has 13 nitrogen and oxygen atoms in total. The number of nitrogens with two attached hydrogens (primary N) is 3. The number of rotatable bonds is 16. The summed E-state index contributed by atoms with van der Waals surface area (Å²) < 4.78 is 0. The predicted octanol–water partition coefficient (Wildman–Crippen LogP) is -3.83. The summed E-state index contributed by atoms with van der Waals surface area (Å²) >= 11 is 4.01. The van der Waals surface area contributed by atoms with Crippen molar-refractivity contribution in [3.05, 3.63) is 0 Å². The van der Waals surface area contributed by atoms with Crippen molar-refractivity contribution >= 4 is 42.2 Å². The number of nitrogens with one attached hydrogen (secondary N) is 3. The minimum absolute atomic E-state index is 0.155. The molecule has 4 atom stereocenters. The number of carbonyl (C=O) groups excluding carboxylic acids is 4. The maximum atomic E-state index is 12.6. The van der Waals surface area contributed by atoms with Crippen LogP contribution in [0.25, 0.3) is 0 Å². The fraction of sp³-hybridized carbons (Fsp3) is 0.706. The number of unbranched alkanes of at least 4 members (excludes halogenated alkanes) is 1. The van der Waals surface area contributed by atoms with Gasteiger partial charge in [0.2, 0.25) is 23.6 Å². The van der Waals surface area contributed by atoms with Crippen LogP contribution in [-0.4, -0.2) is 82.9 Å². The van der Waals surface area contributed by atoms with Crippen LogP contribution in [0.15, 0.2) is 0 Å². The molecule has 0 rings (SSSR count). The number of thiol groups is 1. The van der Waals surface area contributed by atoms with Gasteiger partial charge < -0.3 is 43.4 Å². The van der Waals surface area contributed by atoms with Crippen LogP contribution in [0.4, 0.5) is 0 Å². The summed E-state index contributed by atoms with van der Waals surface area (Å²) in [4.78, 5) is 59.3. The minimum atomic E-state index is -1.29. The van der Waals surface area contributed by atoms with Crippen molar-refractivity contribution in [2.24, 2.45) is 17.2 Å². The standard InChI is InChI=1S/C17H32N6O7S/c18-6-2-1-3-11(17(29)30)22-16(28)12(8-31)23-15(27)10(4-5-13(20)25)21-14(26)9(19)7-24/h9-12,24,31H,1-8,18-19H2,(H2,20,25)(H,21,26)(H,22,28)(H,23,27)(H,29,30). The number of aliphatic hydroxyl groups is 1. The Morgan fingerprint density at radius 1 is 0.871 bits per heavy atom. The molecule has 0 aromatic heterocycles.